The number of halogens is 4. The molecule has 34 heavy (non-hydrogen) atoms. The Labute approximate surface area is 199 Å². The molecule has 1 saturated carbocycles. The van der Waals surface area contributed by atoms with E-state index in [4.69, 9.17) is 11.6 Å². The molecule has 2 fully saturated rings. The number of nitrogens with zero attached hydrogens (tertiary/aromatic N) is 4. The first-order valence-corrected chi connectivity index (χ1v) is 11.3. The van der Waals surface area contributed by atoms with Gasteiger partial charge in [0.25, 0.3) is 5.91 Å². The third-order valence-corrected chi connectivity index (χ3v) is 6.69. The molecule has 6 nitrogen and oxygen atoms in total. The lowest BCUT2D eigenvalue weighted by Gasteiger charge is -2.26. The van der Waals surface area contributed by atoms with Gasteiger partial charge in [-0.1, -0.05) is 11.6 Å². The maximum atomic E-state index is 13.7. The number of aromatic nitrogens is 3. The summed E-state index contributed by atoms with van der Waals surface area (Å²) in [7, 11) is 0. The Morgan fingerprint density at radius 1 is 1.12 bits per heavy atom. The van der Waals surface area contributed by atoms with Crippen LogP contribution in [-0.2, 0) is 6.18 Å². The fraction of sp³-hybridized carbons (Fsp3) is 0.333. The van der Waals surface area contributed by atoms with Crippen molar-refractivity contribution in [3.63, 3.8) is 0 Å². The number of likely N-dealkylation sites (tertiary alicyclic amines) is 1. The zero-order valence-corrected chi connectivity index (χ0v) is 18.8. The number of hydrogen-bond acceptors (Lipinski definition) is 5. The zero-order valence-electron chi connectivity index (χ0n) is 18.0. The second-order valence-corrected chi connectivity index (χ2v) is 9.30. The molecule has 0 unspecified atom stereocenters. The van der Waals surface area contributed by atoms with E-state index < -0.39 is 11.7 Å². The van der Waals surface area contributed by atoms with Crippen LogP contribution in [0.4, 0.5) is 19.0 Å². The molecule has 1 aromatic carbocycles. The van der Waals surface area contributed by atoms with Gasteiger partial charge in [-0.2, -0.15) is 13.2 Å². The summed E-state index contributed by atoms with van der Waals surface area (Å²) in [6.45, 7) is 0.884. The highest BCUT2D eigenvalue weighted by Crippen LogP contribution is 2.55. The molecule has 1 atom stereocenters. The predicted molar refractivity (Wildman–Crippen MR) is 121 cm³/mol. The monoisotopic (exact) mass is 487 g/mol. The van der Waals surface area contributed by atoms with Gasteiger partial charge in [0, 0.05) is 48.3 Å². The van der Waals surface area contributed by atoms with Gasteiger partial charge < -0.3 is 10.2 Å². The number of carbonyl (C=O) groups is 1. The first kappa shape index (κ1) is 22.6. The average Bonchev–Trinajstić information content (AvgIpc) is 3.48. The van der Waals surface area contributed by atoms with Crippen molar-refractivity contribution in [1.82, 2.24) is 19.9 Å². The standard InChI is InChI=1S/C24H21ClF3N5O/c25-16-2-3-18(21-30-7-1-8-31-21)19(11-16)22(34)33-14-23(5-6-23)12-17(33)13-32-20-10-15(4-9-29-20)24(26,27)28/h1-4,7-11,17H,5-6,12-14H2,(H,29,32)/t17-/m0/s1. The Morgan fingerprint density at radius 3 is 2.59 bits per heavy atom. The van der Waals surface area contributed by atoms with Gasteiger partial charge in [-0.25, -0.2) is 15.0 Å². The van der Waals surface area contributed by atoms with Gasteiger partial charge in [0.1, 0.15) is 5.82 Å². The van der Waals surface area contributed by atoms with Crippen molar-refractivity contribution in [3.8, 4) is 11.4 Å². The molecule has 0 bridgehead atoms. The van der Waals surface area contributed by atoms with Crippen molar-refractivity contribution in [2.45, 2.75) is 31.5 Å². The summed E-state index contributed by atoms with van der Waals surface area (Å²) in [5.41, 5.74) is 0.289. The van der Waals surface area contributed by atoms with Crippen molar-refractivity contribution in [3.05, 3.63) is 71.1 Å². The summed E-state index contributed by atoms with van der Waals surface area (Å²) in [5, 5.41) is 3.43. The summed E-state index contributed by atoms with van der Waals surface area (Å²) in [6.07, 6.45) is 2.73. The fourth-order valence-electron chi connectivity index (χ4n) is 4.53. The second kappa shape index (κ2) is 8.54. The van der Waals surface area contributed by atoms with E-state index in [1.165, 1.54) is 0 Å². The van der Waals surface area contributed by atoms with E-state index in [0.29, 0.717) is 35.1 Å². The van der Waals surface area contributed by atoms with Crippen LogP contribution in [-0.4, -0.2) is 44.9 Å². The van der Waals surface area contributed by atoms with Crippen LogP contribution >= 0.6 is 11.6 Å². The number of amides is 1. The summed E-state index contributed by atoms with van der Waals surface area (Å²) in [4.78, 5) is 28.1. The van der Waals surface area contributed by atoms with E-state index >= 15 is 0 Å². The maximum Gasteiger partial charge on any atom is 0.416 e. The van der Waals surface area contributed by atoms with Crippen LogP contribution in [0.2, 0.25) is 5.02 Å². The number of carbonyl (C=O) groups excluding carboxylic acids is 1. The van der Waals surface area contributed by atoms with Gasteiger partial charge in [0.2, 0.25) is 0 Å². The summed E-state index contributed by atoms with van der Waals surface area (Å²) < 4.78 is 39.2. The second-order valence-electron chi connectivity index (χ2n) is 8.86. The van der Waals surface area contributed by atoms with Gasteiger partial charge in [0.05, 0.1) is 11.1 Å². The molecule has 0 radical (unpaired) electrons. The summed E-state index contributed by atoms with van der Waals surface area (Å²) in [6, 6.07) is 8.45. The van der Waals surface area contributed by atoms with Gasteiger partial charge in [0.15, 0.2) is 5.82 Å². The van der Waals surface area contributed by atoms with E-state index in [9.17, 15) is 18.0 Å². The van der Waals surface area contributed by atoms with Crippen LogP contribution in [0.3, 0.4) is 0 Å². The third-order valence-electron chi connectivity index (χ3n) is 6.46. The largest absolute Gasteiger partial charge is 0.416 e. The van der Waals surface area contributed by atoms with Crippen molar-refractivity contribution < 1.29 is 18.0 Å². The summed E-state index contributed by atoms with van der Waals surface area (Å²) in [5.74, 6) is 0.350. The molecular weight excluding hydrogens is 467 g/mol. The Morgan fingerprint density at radius 2 is 1.88 bits per heavy atom. The summed E-state index contributed by atoms with van der Waals surface area (Å²) >= 11 is 6.23. The normalized spacial score (nSPS) is 18.8. The zero-order chi connectivity index (χ0) is 23.9. The molecule has 1 N–H and O–H groups in total. The van der Waals surface area contributed by atoms with Crippen LogP contribution in [0.25, 0.3) is 11.4 Å². The quantitative estimate of drug-likeness (QED) is 0.527. The van der Waals surface area contributed by atoms with Crippen LogP contribution in [0.5, 0.6) is 0 Å². The number of benzene rings is 1. The van der Waals surface area contributed by atoms with Crippen molar-refractivity contribution in [1.29, 1.82) is 0 Å². The molecule has 176 valence electrons. The molecular formula is C24H21ClF3N5O. The van der Waals surface area contributed by atoms with E-state index in [1.807, 2.05) is 0 Å². The van der Waals surface area contributed by atoms with Crippen LogP contribution in [0.1, 0.15) is 35.2 Å². The predicted octanol–water partition coefficient (Wildman–Crippen LogP) is 5.32. The molecule has 3 aromatic rings. The third kappa shape index (κ3) is 4.57. The van der Waals surface area contributed by atoms with E-state index in [-0.39, 0.29) is 23.2 Å². The molecule has 2 aliphatic rings. The Hall–Kier alpha value is -3.20. The van der Waals surface area contributed by atoms with Gasteiger partial charge in [-0.05, 0) is 61.1 Å². The number of hydrogen-bond donors (Lipinski definition) is 1. The molecule has 1 saturated heterocycles. The molecule has 1 aliphatic carbocycles. The van der Waals surface area contributed by atoms with Gasteiger partial charge >= 0.3 is 6.18 Å². The lowest BCUT2D eigenvalue weighted by molar-refractivity contribution is -0.137. The highest BCUT2D eigenvalue weighted by molar-refractivity contribution is 6.31. The van der Waals surface area contributed by atoms with E-state index in [1.54, 1.807) is 41.6 Å². The number of nitrogens with one attached hydrogen (secondary N) is 1. The molecule has 1 spiro atoms. The minimum atomic E-state index is -4.45. The van der Waals surface area contributed by atoms with Crippen molar-refractivity contribution >= 4 is 23.3 Å². The fourth-order valence-corrected chi connectivity index (χ4v) is 4.70. The van der Waals surface area contributed by atoms with E-state index in [2.05, 4.69) is 20.3 Å². The molecule has 1 amide bonds. The molecule has 3 heterocycles. The number of pyridine rings is 1. The maximum absolute atomic E-state index is 13.7. The number of anilines is 1. The van der Waals surface area contributed by atoms with Crippen LogP contribution in [0.15, 0.2) is 55.0 Å². The highest BCUT2D eigenvalue weighted by atomic mass is 35.5. The Kier molecular flexibility index (Phi) is 5.67. The van der Waals surface area contributed by atoms with Gasteiger partial charge in [-0.3, -0.25) is 4.79 Å². The SMILES string of the molecule is O=C(c1cc(Cl)ccc1-c1ncccn1)N1CC2(CC2)C[C@H]1CNc1cc(C(F)(F)F)ccn1. The number of rotatable bonds is 5. The lowest BCUT2D eigenvalue weighted by atomic mass is 10.0. The minimum absolute atomic E-state index is 0.0746. The first-order chi connectivity index (χ1) is 16.2. The smallest absolute Gasteiger partial charge is 0.368 e. The number of alkyl halides is 3. The first-order valence-electron chi connectivity index (χ1n) is 10.9. The molecule has 10 heteroatoms. The molecule has 2 aromatic heterocycles. The van der Waals surface area contributed by atoms with Crippen LogP contribution in [0, 0.1) is 5.41 Å². The van der Waals surface area contributed by atoms with E-state index in [0.717, 1.165) is 37.6 Å². The molecule has 1 aliphatic heterocycles. The topological polar surface area (TPSA) is 71.0 Å². The average molecular weight is 488 g/mol. The minimum Gasteiger partial charge on any atom is -0.368 e. The van der Waals surface area contributed by atoms with Gasteiger partial charge in [-0.15, -0.1) is 0 Å². The van der Waals surface area contributed by atoms with Crippen molar-refractivity contribution in [2.24, 2.45) is 5.41 Å². The Bertz CT molecular complexity index is 1220. The Balaban J connectivity index is 1.40. The van der Waals surface area contributed by atoms with Crippen LogP contribution < -0.4 is 5.32 Å². The molecule has 5 rings (SSSR count). The van der Waals surface area contributed by atoms with Crippen molar-refractivity contribution in [2.75, 3.05) is 18.4 Å². The highest BCUT2D eigenvalue weighted by Gasteiger charge is 2.53. The lowest BCUT2D eigenvalue weighted by Crippen LogP contribution is -2.40.